The maximum Gasteiger partial charge on any atom is 0.249 e. The van der Waals surface area contributed by atoms with Gasteiger partial charge in [-0.3, -0.25) is 25.6 Å². The lowest BCUT2D eigenvalue weighted by molar-refractivity contribution is -0.154. The Kier molecular flexibility index (Phi) is 8.27. The Morgan fingerprint density at radius 1 is 1.12 bits per heavy atom. The number of benzene rings is 1. The van der Waals surface area contributed by atoms with Crippen LogP contribution in [0.15, 0.2) is 53.1 Å². The van der Waals surface area contributed by atoms with Gasteiger partial charge in [0.05, 0.1) is 18.0 Å². The summed E-state index contributed by atoms with van der Waals surface area (Å²) in [6.45, 7) is 1.99. The summed E-state index contributed by atoms with van der Waals surface area (Å²) in [5.74, 6) is 0.279. The van der Waals surface area contributed by atoms with Crippen LogP contribution < -0.4 is 10.9 Å². The normalized spacial score (nSPS) is 11.6. The number of nitrogens with zero attached hydrogens (tertiary/aromatic N) is 4. The van der Waals surface area contributed by atoms with Crippen LogP contribution in [-0.2, 0) is 9.59 Å². The highest BCUT2D eigenvalue weighted by molar-refractivity contribution is 5.80. The highest BCUT2D eigenvalue weighted by Gasteiger charge is 2.20. The fourth-order valence-corrected chi connectivity index (χ4v) is 3.07. The van der Waals surface area contributed by atoms with Crippen molar-refractivity contribution >= 4 is 18.1 Å². The number of hydroxylamine groups is 2. The van der Waals surface area contributed by atoms with Crippen molar-refractivity contribution in [3.8, 4) is 22.9 Å². The number of hydrogen-bond donors (Lipinski definition) is 3. The second kappa shape index (κ2) is 11.6. The highest BCUT2D eigenvalue weighted by Crippen LogP contribution is 2.23. The zero-order valence-corrected chi connectivity index (χ0v) is 17.8. The van der Waals surface area contributed by atoms with Gasteiger partial charge < -0.3 is 4.42 Å². The van der Waals surface area contributed by atoms with Gasteiger partial charge in [0.15, 0.2) is 0 Å². The molecule has 0 aliphatic rings. The van der Waals surface area contributed by atoms with Crippen LogP contribution in [0.3, 0.4) is 0 Å². The third-order valence-electron chi connectivity index (χ3n) is 4.83. The summed E-state index contributed by atoms with van der Waals surface area (Å²) < 4.78 is 5.71. The number of hydrogen-bond acceptors (Lipinski definition) is 8. The fraction of sp³-hybridized carbons (Fsp3) is 0.318. The molecule has 3 aromatic rings. The van der Waals surface area contributed by atoms with E-state index in [4.69, 9.17) is 4.42 Å². The Morgan fingerprint density at radius 2 is 1.88 bits per heavy atom. The molecule has 0 saturated heterocycles. The molecule has 0 spiro atoms. The molecule has 0 radical (unpaired) electrons. The van der Waals surface area contributed by atoms with E-state index < -0.39 is 5.92 Å². The number of rotatable bonds is 12. The van der Waals surface area contributed by atoms with E-state index in [1.165, 1.54) is 0 Å². The van der Waals surface area contributed by atoms with E-state index >= 15 is 0 Å². The van der Waals surface area contributed by atoms with E-state index in [1.807, 2.05) is 30.3 Å². The van der Waals surface area contributed by atoms with Crippen molar-refractivity contribution in [1.82, 2.24) is 25.7 Å². The van der Waals surface area contributed by atoms with E-state index in [2.05, 4.69) is 33.0 Å². The van der Waals surface area contributed by atoms with Gasteiger partial charge in [0.1, 0.15) is 5.82 Å². The van der Waals surface area contributed by atoms with E-state index in [-0.39, 0.29) is 18.9 Å². The molecule has 1 atom stereocenters. The van der Waals surface area contributed by atoms with Gasteiger partial charge in [-0.1, -0.05) is 44.4 Å². The molecule has 32 heavy (non-hydrogen) atoms. The lowest BCUT2D eigenvalue weighted by Gasteiger charge is -2.19. The first-order chi connectivity index (χ1) is 15.6. The first-order valence-electron chi connectivity index (χ1n) is 10.4. The number of aromatic nitrogens is 3. The molecule has 3 rings (SSSR count). The Labute approximate surface area is 185 Å². The summed E-state index contributed by atoms with van der Waals surface area (Å²) in [6, 6.07) is 12.9. The topological polar surface area (TPSA) is 133 Å². The molecule has 1 aromatic carbocycles. The van der Waals surface area contributed by atoms with Crippen molar-refractivity contribution in [3.05, 3.63) is 48.7 Å². The molecular weight excluding hydrogens is 412 g/mol. The van der Waals surface area contributed by atoms with Gasteiger partial charge in [0.2, 0.25) is 24.1 Å². The van der Waals surface area contributed by atoms with Crippen LogP contribution in [-0.4, -0.2) is 44.3 Å². The minimum atomic E-state index is -0.543. The van der Waals surface area contributed by atoms with Crippen molar-refractivity contribution in [2.75, 3.05) is 12.0 Å². The quantitative estimate of drug-likeness (QED) is 0.170. The van der Waals surface area contributed by atoms with Crippen LogP contribution >= 0.6 is 0 Å². The monoisotopic (exact) mass is 438 g/mol. The molecule has 2 aromatic heterocycles. The highest BCUT2D eigenvalue weighted by atomic mass is 16.5. The molecule has 10 nitrogen and oxygen atoms in total. The number of carbonyl (C=O) groups is 2. The van der Waals surface area contributed by atoms with Crippen molar-refractivity contribution in [2.24, 2.45) is 5.92 Å². The molecule has 0 aliphatic carbocycles. The van der Waals surface area contributed by atoms with Gasteiger partial charge in [-0.2, -0.15) is 0 Å². The third-order valence-corrected chi connectivity index (χ3v) is 4.83. The van der Waals surface area contributed by atoms with Gasteiger partial charge in [-0.05, 0) is 30.7 Å². The predicted molar refractivity (Wildman–Crippen MR) is 117 cm³/mol. The second-order valence-electron chi connectivity index (χ2n) is 7.24. The van der Waals surface area contributed by atoms with Crippen LogP contribution in [0.1, 0.15) is 32.6 Å². The molecule has 3 N–H and O–H groups in total. The minimum absolute atomic E-state index is 0.0754. The number of unbranched alkanes of at least 4 members (excludes halogenated alkanes) is 2. The van der Waals surface area contributed by atoms with Crippen LogP contribution in [0.2, 0.25) is 0 Å². The number of anilines is 1. The lowest BCUT2D eigenvalue weighted by Crippen LogP contribution is -2.40. The molecule has 10 heteroatoms. The number of hydrazine groups is 1. The lowest BCUT2D eigenvalue weighted by atomic mass is 10.0. The number of nitrogens with one attached hydrogen (secondary N) is 2. The van der Waals surface area contributed by atoms with Gasteiger partial charge in [-0.25, -0.2) is 10.0 Å². The zero-order valence-electron chi connectivity index (χ0n) is 17.8. The Morgan fingerprint density at radius 3 is 2.53 bits per heavy atom. The summed E-state index contributed by atoms with van der Waals surface area (Å²) in [7, 11) is 0. The Hall–Kier alpha value is -3.79. The SMILES string of the molecule is CCCCCC(CN(O)C=O)C(=O)NNc1ccc(-c2nnc(-c3ccccc3)o2)cn1. The smallest absolute Gasteiger partial charge is 0.249 e. The van der Waals surface area contributed by atoms with Crippen molar-refractivity contribution in [3.63, 3.8) is 0 Å². The average molecular weight is 438 g/mol. The maximum absolute atomic E-state index is 12.5. The summed E-state index contributed by atoms with van der Waals surface area (Å²) in [4.78, 5) is 27.5. The molecule has 0 aliphatic heterocycles. The molecule has 168 valence electrons. The van der Waals surface area contributed by atoms with Gasteiger partial charge in [0, 0.05) is 11.8 Å². The summed E-state index contributed by atoms with van der Waals surface area (Å²) >= 11 is 0. The molecule has 2 heterocycles. The van der Waals surface area contributed by atoms with Gasteiger partial charge in [0.25, 0.3) is 0 Å². The zero-order chi connectivity index (χ0) is 22.8. The largest absolute Gasteiger partial charge is 0.416 e. The average Bonchev–Trinajstić information content (AvgIpc) is 3.33. The predicted octanol–water partition coefficient (Wildman–Crippen LogP) is 3.29. The molecule has 0 saturated carbocycles. The number of amides is 2. The van der Waals surface area contributed by atoms with Crippen molar-refractivity contribution in [2.45, 2.75) is 32.6 Å². The standard InChI is InChI=1S/C22H26N6O4/c1-2-3-5-10-18(14-28(31)15-29)20(30)25-24-19-12-11-17(13-23-19)22-27-26-21(32-22)16-8-6-4-7-9-16/h4,6-9,11-13,15,18,31H,2-3,5,10,14H2,1H3,(H,23,24)(H,25,30). The van der Waals surface area contributed by atoms with Crippen molar-refractivity contribution < 1.29 is 19.2 Å². The van der Waals surface area contributed by atoms with E-state index in [1.54, 1.807) is 18.3 Å². The first-order valence-corrected chi connectivity index (χ1v) is 10.4. The van der Waals surface area contributed by atoms with E-state index in [9.17, 15) is 14.8 Å². The minimum Gasteiger partial charge on any atom is -0.416 e. The Bertz CT molecular complexity index is 993. The van der Waals surface area contributed by atoms with Gasteiger partial charge in [-0.15, -0.1) is 10.2 Å². The van der Waals surface area contributed by atoms with E-state index in [0.717, 1.165) is 24.8 Å². The summed E-state index contributed by atoms with van der Waals surface area (Å²) in [6.07, 6.45) is 5.19. The molecule has 1 unspecified atom stereocenters. The van der Waals surface area contributed by atoms with Crippen LogP contribution in [0, 0.1) is 5.92 Å². The first kappa shape index (κ1) is 22.9. The van der Waals surface area contributed by atoms with Gasteiger partial charge >= 0.3 is 0 Å². The number of pyridine rings is 1. The molecular formula is C22H26N6O4. The fourth-order valence-electron chi connectivity index (χ4n) is 3.07. The van der Waals surface area contributed by atoms with Crippen LogP contribution in [0.5, 0.6) is 0 Å². The molecule has 0 fully saturated rings. The second-order valence-corrected chi connectivity index (χ2v) is 7.24. The van der Waals surface area contributed by atoms with Crippen LogP contribution in [0.25, 0.3) is 22.9 Å². The van der Waals surface area contributed by atoms with E-state index in [0.29, 0.717) is 34.6 Å². The summed E-state index contributed by atoms with van der Waals surface area (Å²) in [5, 5.41) is 18.1. The third kappa shape index (κ3) is 6.35. The maximum atomic E-state index is 12.5. The Balaban J connectivity index is 1.58. The number of carbonyl (C=O) groups excluding carboxylic acids is 2. The molecule has 0 bridgehead atoms. The molecule has 2 amide bonds. The van der Waals surface area contributed by atoms with Crippen LogP contribution in [0.4, 0.5) is 5.82 Å². The summed E-state index contributed by atoms with van der Waals surface area (Å²) in [5.41, 5.74) is 6.79. The van der Waals surface area contributed by atoms with Crippen molar-refractivity contribution in [1.29, 1.82) is 0 Å².